The highest BCUT2D eigenvalue weighted by atomic mass is 16.5. The molecule has 1 atom stereocenters. The van der Waals surface area contributed by atoms with Crippen molar-refractivity contribution in [1.29, 1.82) is 0 Å². The van der Waals surface area contributed by atoms with Crippen molar-refractivity contribution in [2.24, 2.45) is 0 Å². The van der Waals surface area contributed by atoms with Crippen molar-refractivity contribution in [3.63, 3.8) is 0 Å². The number of methoxy groups -OCH3 is 1. The van der Waals surface area contributed by atoms with Crippen molar-refractivity contribution in [2.45, 2.75) is 57.2 Å². The molecule has 0 heterocycles. The number of rotatable bonds is 5. The van der Waals surface area contributed by atoms with Crippen LogP contribution in [0.1, 0.15) is 50.6 Å². The summed E-state index contributed by atoms with van der Waals surface area (Å²) in [6, 6.07) is 9.24. The first-order valence-corrected chi connectivity index (χ1v) is 7.31. The van der Waals surface area contributed by atoms with Gasteiger partial charge in [0.2, 0.25) is 0 Å². The van der Waals surface area contributed by atoms with Crippen LogP contribution < -0.4 is 10.1 Å². The first-order valence-electron chi connectivity index (χ1n) is 7.31. The Morgan fingerprint density at radius 2 is 1.84 bits per heavy atom. The van der Waals surface area contributed by atoms with Crippen LogP contribution in [0.25, 0.3) is 0 Å². The van der Waals surface area contributed by atoms with Crippen molar-refractivity contribution in [1.82, 2.24) is 5.32 Å². The van der Waals surface area contributed by atoms with E-state index >= 15 is 0 Å². The predicted molar refractivity (Wildman–Crippen MR) is 77.4 cm³/mol. The Hall–Kier alpha value is -1.06. The fraction of sp³-hybridized carbons (Fsp3) is 0.625. The van der Waals surface area contributed by atoms with Crippen molar-refractivity contribution in [2.75, 3.05) is 7.11 Å². The van der Waals surface area contributed by atoms with Crippen LogP contribution in [0.5, 0.6) is 5.75 Å². The molecule has 3 nitrogen and oxygen atoms in total. The zero-order valence-corrected chi connectivity index (χ0v) is 11.9. The van der Waals surface area contributed by atoms with Crippen LogP contribution in [-0.2, 0) is 0 Å². The third-order valence-corrected chi connectivity index (χ3v) is 4.06. The van der Waals surface area contributed by atoms with E-state index < -0.39 is 0 Å². The molecule has 0 aliphatic heterocycles. The lowest BCUT2D eigenvalue weighted by molar-refractivity contribution is 0.114. The molecule has 3 heteroatoms. The SMILES string of the molecule is CCC(NC1CCC(O)CC1)c1ccc(OC)cc1. The predicted octanol–water partition coefficient (Wildman–Crippen LogP) is 3.04. The zero-order valence-electron chi connectivity index (χ0n) is 11.9. The van der Waals surface area contributed by atoms with Crippen LogP contribution in [0.2, 0.25) is 0 Å². The summed E-state index contributed by atoms with van der Waals surface area (Å²) in [6.07, 6.45) is 5.00. The van der Waals surface area contributed by atoms with Crippen LogP contribution in [0, 0.1) is 0 Å². The minimum Gasteiger partial charge on any atom is -0.497 e. The molecule has 0 radical (unpaired) electrons. The van der Waals surface area contributed by atoms with Crippen LogP contribution in [0.15, 0.2) is 24.3 Å². The van der Waals surface area contributed by atoms with Gasteiger partial charge in [0.15, 0.2) is 0 Å². The molecule has 0 bridgehead atoms. The number of hydrogen-bond donors (Lipinski definition) is 2. The summed E-state index contributed by atoms with van der Waals surface area (Å²) in [5.74, 6) is 0.902. The van der Waals surface area contributed by atoms with Gasteiger partial charge in [0.1, 0.15) is 5.75 Å². The maximum atomic E-state index is 9.55. The second-order valence-electron chi connectivity index (χ2n) is 5.41. The van der Waals surface area contributed by atoms with Gasteiger partial charge in [-0.05, 0) is 49.8 Å². The summed E-state index contributed by atoms with van der Waals surface area (Å²) < 4.78 is 5.20. The third-order valence-electron chi connectivity index (χ3n) is 4.06. The number of hydrogen-bond acceptors (Lipinski definition) is 3. The zero-order chi connectivity index (χ0) is 13.7. The highest BCUT2D eigenvalue weighted by Crippen LogP contribution is 2.25. The maximum Gasteiger partial charge on any atom is 0.118 e. The Morgan fingerprint density at radius 3 is 2.37 bits per heavy atom. The lowest BCUT2D eigenvalue weighted by Crippen LogP contribution is -2.36. The van der Waals surface area contributed by atoms with Crippen molar-refractivity contribution in [3.8, 4) is 5.75 Å². The fourth-order valence-corrected chi connectivity index (χ4v) is 2.81. The second kappa shape index (κ2) is 6.92. The van der Waals surface area contributed by atoms with Gasteiger partial charge in [0.05, 0.1) is 13.2 Å². The van der Waals surface area contributed by atoms with Gasteiger partial charge in [-0.2, -0.15) is 0 Å². The number of benzene rings is 1. The van der Waals surface area contributed by atoms with E-state index in [0.29, 0.717) is 12.1 Å². The molecular formula is C16H25NO2. The van der Waals surface area contributed by atoms with Gasteiger partial charge in [-0.3, -0.25) is 0 Å². The Balaban J connectivity index is 1.95. The van der Waals surface area contributed by atoms with E-state index in [1.54, 1.807) is 7.11 Å². The van der Waals surface area contributed by atoms with E-state index in [4.69, 9.17) is 4.74 Å². The molecule has 1 aromatic rings. The van der Waals surface area contributed by atoms with Crippen LogP contribution in [-0.4, -0.2) is 24.4 Å². The van der Waals surface area contributed by atoms with E-state index in [-0.39, 0.29) is 6.10 Å². The summed E-state index contributed by atoms with van der Waals surface area (Å²) in [5.41, 5.74) is 1.31. The molecule has 1 aromatic carbocycles. The second-order valence-corrected chi connectivity index (χ2v) is 5.41. The minimum absolute atomic E-state index is 0.0842. The largest absolute Gasteiger partial charge is 0.497 e. The normalized spacial score (nSPS) is 25.0. The van der Waals surface area contributed by atoms with Gasteiger partial charge in [-0.25, -0.2) is 0 Å². The molecular weight excluding hydrogens is 238 g/mol. The maximum absolute atomic E-state index is 9.55. The van der Waals surface area contributed by atoms with E-state index in [1.807, 2.05) is 12.1 Å². The summed E-state index contributed by atoms with van der Waals surface area (Å²) in [5, 5.41) is 13.3. The number of aliphatic hydroxyl groups is 1. The summed E-state index contributed by atoms with van der Waals surface area (Å²) in [4.78, 5) is 0. The molecule has 1 unspecified atom stereocenters. The van der Waals surface area contributed by atoms with E-state index in [1.165, 1.54) is 5.56 Å². The van der Waals surface area contributed by atoms with Gasteiger partial charge in [-0.15, -0.1) is 0 Å². The quantitative estimate of drug-likeness (QED) is 0.858. The molecule has 2 N–H and O–H groups in total. The van der Waals surface area contributed by atoms with Crippen molar-refractivity contribution >= 4 is 0 Å². The van der Waals surface area contributed by atoms with Crippen molar-refractivity contribution < 1.29 is 9.84 Å². The molecule has 106 valence electrons. The summed E-state index contributed by atoms with van der Waals surface area (Å²) in [6.45, 7) is 2.21. The average molecular weight is 263 g/mol. The highest BCUT2D eigenvalue weighted by molar-refractivity contribution is 5.29. The Labute approximate surface area is 116 Å². The van der Waals surface area contributed by atoms with E-state index in [2.05, 4.69) is 24.4 Å². The Kier molecular flexibility index (Phi) is 5.23. The molecule has 1 aliphatic carbocycles. The van der Waals surface area contributed by atoms with Gasteiger partial charge in [0.25, 0.3) is 0 Å². The first-order chi connectivity index (χ1) is 9.22. The number of nitrogens with one attached hydrogen (secondary N) is 1. The van der Waals surface area contributed by atoms with Gasteiger partial charge >= 0.3 is 0 Å². The molecule has 1 fully saturated rings. The fourth-order valence-electron chi connectivity index (χ4n) is 2.81. The summed E-state index contributed by atoms with van der Waals surface area (Å²) in [7, 11) is 1.69. The molecule has 2 rings (SSSR count). The van der Waals surface area contributed by atoms with E-state index in [0.717, 1.165) is 37.9 Å². The Bertz CT molecular complexity index is 369. The van der Waals surface area contributed by atoms with E-state index in [9.17, 15) is 5.11 Å². The van der Waals surface area contributed by atoms with Gasteiger partial charge in [0, 0.05) is 12.1 Å². The molecule has 0 saturated heterocycles. The molecule has 0 aromatic heterocycles. The number of ether oxygens (including phenoxy) is 1. The molecule has 1 aliphatic rings. The molecule has 19 heavy (non-hydrogen) atoms. The summed E-state index contributed by atoms with van der Waals surface area (Å²) >= 11 is 0. The Morgan fingerprint density at radius 1 is 1.21 bits per heavy atom. The standard InChI is InChI=1S/C16H25NO2/c1-3-16(12-4-10-15(19-2)11-5-12)17-13-6-8-14(18)9-7-13/h4-5,10-11,13-14,16-18H,3,6-9H2,1-2H3. The van der Waals surface area contributed by atoms with Crippen LogP contribution >= 0.6 is 0 Å². The first kappa shape index (κ1) is 14.4. The third kappa shape index (κ3) is 3.95. The highest BCUT2D eigenvalue weighted by Gasteiger charge is 2.21. The van der Waals surface area contributed by atoms with Gasteiger partial charge < -0.3 is 15.2 Å². The lowest BCUT2D eigenvalue weighted by atomic mass is 9.91. The number of aliphatic hydroxyl groups excluding tert-OH is 1. The van der Waals surface area contributed by atoms with Crippen LogP contribution in [0.3, 0.4) is 0 Å². The van der Waals surface area contributed by atoms with Gasteiger partial charge in [-0.1, -0.05) is 19.1 Å². The molecule has 1 saturated carbocycles. The molecule has 0 amide bonds. The minimum atomic E-state index is -0.0842. The average Bonchev–Trinajstić information content (AvgIpc) is 2.47. The van der Waals surface area contributed by atoms with Crippen LogP contribution in [0.4, 0.5) is 0 Å². The lowest BCUT2D eigenvalue weighted by Gasteiger charge is -2.30. The smallest absolute Gasteiger partial charge is 0.118 e. The monoisotopic (exact) mass is 263 g/mol. The molecule has 0 spiro atoms. The topological polar surface area (TPSA) is 41.5 Å². The van der Waals surface area contributed by atoms with Crippen molar-refractivity contribution in [3.05, 3.63) is 29.8 Å².